The molecule has 110 valence electrons. The lowest BCUT2D eigenvalue weighted by molar-refractivity contribution is -0.108. The van der Waals surface area contributed by atoms with E-state index in [0.717, 1.165) is 19.1 Å². The van der Waals surface area contributed by atoms with E-state index >= 15 is 0 Å². The first-order valence-electron chi connectivity index (χ1n) is 8.12. The summed E-state index contributed by atoms with van der Waals surface area (Å²) in [6.45, 7) is 9.22. The van der Waals surface area contributed by atoms with E-state index < -0.39 is 0 Å². The fourth-order valence-electron chi connectivity index (χ4n) is 3.30. The molecular formula is C19H28O. The van der Waals surface area contributed by atoms with Crippen LogP contribution in [0.25, 0.3) is 0 Å². The van der Waals surface area contributed by atoms with Crippen LogP contribution in [0.3, 0.4) is 0 Å². The number of hydrogen-bond donors (Lipinski definition) is 0. The fourth-order valence-corrected chi connectivity index (χ4v) is 3.30. The zero-order valence-corrected chi connectivity index (χ0v) is 13.4. The maximum absolute atomic E-state index is 10.8. The van der Waals surface area contributed by atoms with E-state index in [2.05, 4.69) is 45.9 Å². The van der Waals surface area contributed by atoms with Gasteiger partial charge in [-0.25, -0.2) is 0 Å². The minimum Gasteiger partial charge on any atom is -0.303 e. The second kappa shape index (κ2) is 6.11. The van der Waals surface area contributed by atoms with Crippen molar-refractivity contribution < 1.29 is 4.79 Å². The molecule has 1 fully saturated rings. The van der Waals surface area contributed by atoms with Crippen LogP contribution in [0.5, 0.6) is 0 Å². The van der Waals surface area contributed by atoms with Gasteiger partial charge in [-0.15, -0.1) is 0 Å². The Morgan fingerprint density at radius 2 is 2.05 bits per heavy atom. The SMILES string of the molecule is CCCCC(C)(C)c1ccc(C2CC2C=O)cc1CC. The predicted octanol–water partition coefficient (Wildman–Crippen LogP) is 5.02. The Kier molecular flexibility index (Phi) is 4.67. The van der Waals surface area contributed by atoms with Crippen LogP contribution in [0.15, 0.2) is 18.2 Å². The molecule has 0 amide bonds. The Balaban J connectivity index is 2.24. The molecule has 0 heterocycles. The molecule has 1 saturated carbocycles. The monoisotopic (exact) mass is 272 g/mol. The highest BCUT2D eigenvalue weighted by atomic mass is 16.1. The Morgan fingerprint density at radius 1 is 1.30 bits per heavy atom. The van der Waals surface area contributed by atoms with Crippen molar-refractivity contribution in [2.24, 2.45) is 5.92 Å². The first-order valence-corrected chi connectivity index (χ1v) is 8.12. The molecule has 1 aliphatic carbocycles. The van der Waals surface area contributed by atoms with Crippen molar-refractivity contribution in [1.29, 1.82) is 0 Å². The molecule has 0 aliphatic heterocycles. The molecule has 2 unspecified atom stereocenters. The molecule has 0 spiro atoms. The second-order valence-electron chi connectivity index (χ2n) is 6.90. The molecule has 0 bridgehead atoms. The van der Waals surface area contributed by atoms with Crippen molar-refractivity contribution in [3.05, 3.63) is 34.9 Å². The molecule has 1 heteroatoms. The molecular weight excluding hydrogens is 244 g/mol. The van der Waals surface area contributed by atoms with Crippen LogP contribution in [0.4, 0.5) is 0 Å². The third-order valence-electron chi connectivity index (χ3n) is 4.84. The largest absolute Gasteiger partial charge is 0.303 e. The fraction of sp³-hybridized carbons (Fsp3) is 0.632. The maximum Gasteiger partial charge on any atom is 0.123 e. The molecule has 2 rings (SSSR count). The van der Waals surface area contributed by atoms with E-state index in [1.807, 2.05) is 0 Å². The summed E-state index contributed by atoms with van der Waals surface area (Å²) in [6, 6.07) is 6.94. The highest BCUT2D eigenvalue weighted by Crippen LogP contribution is 2.47. The third kappa shape index (κ3) is 3.13. The van der Waals surface area contributed by atoms with E-state index in [-0.39, 0.29) is 11.3 Å². The lowest BCUT2D eigenvalue weighted by Crippen LogP contribution is -2.19. The van der Waals surface area contributed by atoms with Gasteiger partial charge in [0.25, 0.3) is 0 Å². The number of benzene rings is 1. The molecule has 0 N–H and O–H groups in total. The summed E-state index contributed by atoms with van der Waals surface area (Å²) >= 11 is 0. The van der Waals surface area contributed by atoms with E-state index in [4.69, 9.17) is 0 Å². The van der Waals surface area contributed by atoms with Crippen LogP contribution < -0.4 is 0 Å². The van der Waals surface area contributed by atoms with Crippen molar-refractivity contribution in [3.8, 4) is 0 Å². The van der Waals surface area contributed by atoms with Gasteiger partial charge in [-0.1, -0.05) is 58.7 Å². The quantitative estimate of drug-likeness (QED) is 0.637. The van der Waals surface area contributed by atoms with E-state index in [0.29, 0.717) is 5.92 Å². The van der Waals surface area contributed by atoms with Crippen LogP contribution >= 0.6 is 0 Å². The summed E-state index contributed by atoms with van der Waals surface area (Å²) < 4.78 is 0. The van der Waals surface area contributed by atoms with Crippen LogP contribution in [-0.4, -0.2) is 6.29 Å². The average molecular weight is 272 g/mol. The van der Waals surface area contributed by atoms with Crippen LogP contribution in [0.1, 0.15) is 76.0 Å². The third-order valence-corrected chi connectivity index (χ3v) is 4.84. The second-order valence-corrected chi connectivity index (χ2v) is 6.90. The molecule has 1 nitrogen and oxygen atoms in total. The minimum absolute atomic E-state index is 0.257. The van der Waals surface area contributed by atoms with Crippen molar-refractivity contribution in [2.45, 2.75) is 71.1 Å². The zero-order valence-electron chi connectivity index (χ0n) is 13.4. The Morgan fingerprint density at radius 3 is 2.60 bits per heavy atom. The van der Waals surface area contributed by atoms with E-state index in [1.54, 1.807) is 0 Å². The standard InChI is InChI=1S/C19H28O/c1-5-7-10-19(3,4)18-9-8-15(11-14(18)6-2)17-12-16(17)13-20/h8-9,11,13,16-17H,5-7,10,12H2,1-4H3. The predicted molar refractivity (Wildman–Crippen MR) is 85.3 cm³/mol. The first-order chi connectivity index (χ1) is 9.53. The highest BCUT2D eigenvalue weighted by molar-refractivity contribution is 5.61. The summed E-state index contributed by atoms with van der Waals surface area (Å²) in [5.41, 5.74) is 4.60. The molecule has 0 aromatic heterocycles. The normalized spacial score (nSPS) is 21.8. The van der Waals surface area contributed by atoms with Gasteiger partial charge in [0.15, 0.2) is 0 Å². The number of hydrogen-bond acceptors (Lipinski definition) is 1. The molecule has 1 aromatic rings. The number of carbonyl (C=O) groups excluding carboxylic acids is 1. The van der Waals surface area contributed by atoms with Gasteiger partial charge in [0.2, 0.25) is 0 Å². The van der Waals surface area contributed by atoms with Crippen LogP contribution in [0.2, 0.25) is 0 Å². The zero-order chi connectivity index (χ0) is 14.8. The van der Waals surface area contributed by atoms with Crippen molar-refractivity contribution >= 4 is 6.29 Å². The molecule has 1 aromatic carbocycles. The van der Waals surface area contributed by atoms with E-state index in [9.17, 15) is 4.79 Å². The van der Waals surface area contributed by atoms with Crippen molar-refractivity contribution in [2.75, 3.05) is 0 Å². The molecule has 0 saturated heterocycles. The smallest absolute Gasteiger partial charge is 0.123 e. The number of aldehydes is 1. The lowest BCUT2D eigenvalue weighted by Gasteiger charge is -2.28. The van der Waals surface area contributed by atoms with Gasteiger partial charge in [0.05, 0.1) is 0 Å². The van der Waals surface area contributed by atoms with Crippen molar-refractivity contribution in [3.63, 3.8) is 0 Å². The Labute approximate surface area is 123 Å². The molecule has 0 radical (unpaired) electrons. The molecule has 1 aliphatic rings. The number of rotatable bonds is 7. The van der Waals surface area contributed by atoms with Gasteiger partial charge in [0.1, 0.15) is 6.29 Å². The Bertz CT molecular complexity index is 473. The van der Waals surface area contributed by atoms with Gasteiger partial charge in [-0.2, -0.15) is 0 Å². The topological polar surface area (TPSA) is 17.1 Å². The first kappa shape index (κ1) is 15.3. The van der Waals surface area contributed by atoms with Gasteiger partial charge in [0, 0.05) is 5.92 Å². The summed E-state index contributed by atoms with van der Waals surface area (Å²) in [7, 11) is 0. The van der Waals surface area contributed by atoms with Crippen LogP contribution in [-0.2, 0) is 16.6 Å². The molecule has 2 atom stereocenters. The van der Waals surface area contributed by atoms with Gasteiger partial charge in [-0.05, 0) is 47.3 Å². The number of unbranched alkanes of at least 4 members (excludes halogenated alkanes) is 1. The summed E-state index contributed by atoms with van der Waals surface area (Å²) in [6.07, 6.45) is 7.04. The van der Waals surface area contributed by atoms with Gasteiger partial charge < -0.3 is 4.79 Å². The average Bonchev–Trinajstić information content (AvgIpc) is 3.24. The van der Waals surface area contributed by atoms with E-state index in [1.165, 1.54) is 36.0 Å². The minimum atomic E-state index is 0.257. The summed E-state index contributed by atoms with van der Waals surface area (Å²) in [5.74, 6) is 0.768. The maximum atomic E-state index is 10.8. The van der Waals surface area contributed by atoms with Gasteiger partial charge >= 0.3 is 0 Å². The van der Waals surface area contributed by atoms with Crippen molar-refractivity contribution in [1.82, 2.24) is 0 Å². The Hall–Kier alpha value is -1.11. The molecule has 20 heavy (non-hydrogen) atoms. The number of carbonyl (C=O) groups is 1. The highest BCUT2D eigenvalue weighted by Gasteiger charge is 2.38. The summed E-state index contributed by atoms with van der Waals surface area (Å²) in [4.78, 5) is 10.8. The number of aryl methyl sites for hydroxylation is 1. The summed E-state index contributed by atoms with van der Waals surface area (Å²) in [5, 5.41) is 0. The lowest BCUT2D eigenvalue weighted by atomic mass is 9.77. The van der Waals surface area contributed by atoms with Gasteiger partial charge in [-0.3, -0.25) is 0 Å². The van der Waals surface area contributed by atoms with Crippen LogP contribution in [0, 0.1) is 5.92 Å².